The van der Waals surface area contributed by atoms with Gasteiger partial charge in [0.05, 0.1) is 22.4 Å². The average molecular weight is 421 g/mol. The number of imidazole rings is 1. The van der Waals surface area contributed by atoms with Crippen LogP contribution in [0.2, 0.25) is 0 Å². The molecule has 7 heteroatoms. The number of amides is 1. The van der Waals surface area contributed by atoms with Crippen LogP contribution in [0.5, 0.6) is 0 Å². The van der Waals surface area contributed by atoms with Crippen LogP contribution in [0.15, 0.2) is 64.8 Å². The maximum atomic E-state index is 13.3. The molecular weight excluding hydrogens is 396 g/mol. The van der Waals surface area contributed by atoms with Gasteiger partial charge >= 0.3 is 5.69 Å². The second-order valence-electron chi connectivity index (χ2n) is 7.16. The Morgan fingerprint density at radius 2 is 1.63 bits per heavy atom. The number of carbonyl (C=O) groups excluding carboxylic acids is 1. The monoisotopic (exact) mass is 420 g/mol. The average Bonchev–Trinajstić information content (AvgIpc) is 3.29. The minimum absolute atomic E-state index is 0.0674. The maximum Gasteiger partial charge on any atom is 0.329 e. The molecule has 0 fully saturated rings. The first kappa shape index (κ1) is 20.1. The van der Waals surface area contributed by atoms with E-state index in [-0.39, 0.29) is 18.0 Å². The number of thiazole rings is 1. The summed E-state index contributed by atoms with van der Waals surface area (Å²) in [6.45, 7) is 4.95. The highest BCUT2D eigenvalue weighted by Gasteiger charge is 2.22. The minimum Gasteiger partial charge on any atom is -0.292 e. The van der Waals surface area contributed by atoms with Gasteiger partial charge in [-0.3, -0.25) is 18.8 Å². The van der Waals surface area contributed by atoms with E-state index in [1.807, 2.05) is 66.9 Å². The molecule has 1 amide bonds. The summed E-state index contributed by atoms with van der Waals surface area (Å²) in [6, 6.07) is 17.3. The van der Waals surface area contributed by atoms with Crippen LogP contribution in [0.4, 0.5) is 10.8 Å². The van der Waals surface area contributed by atoms with Crippen molar-refractivity contribution in [1.29, 1.82) is 0 Å². The zero-order valence-corrected chi connectivity index (χ0v) is 17.9. The predicted molar refractivity (Wildman–Crippen MR) is 122 cm³/mol. The fourth-order valence-electron chi connectivity index (χ4n) is 3.63. The van der Waals surface area contributed by atoms with Crippen LogP contribution in [0.1, 0.15) is 25.5 Å². The van der Waals surface area contributed by atoms with E-state index >= 15 is 0 Å². The van der Waals surface area contributed by atoms with Crippen LogP contribution in [0.3, 0.4) is 0 Å². The molecular formula is C23H24N4O2S. The van der Waals surface area contributed by atoms with Crippen molar-refractivity contribution in [1.82, 2.24) is 14.1 Å². The fraction of sp³-hybridized carbons (Fsp3) is 0.261. The summed E-state index contributed by atoms with van der Waals surface area (Å²) in [4.78, 5) is 32.4. The molecule has 154 valence electrons. The lowest BCUT2D eigenvalue weighted by atomic mass is 10.2. The van der Waals surface area contributed by atoms with E-state index in [1.165, 1.54) is 11.3 Å². The van der Waals surface area contributed by atoms with E-state index in [0.29, 0.717) is 18.2 Å². The van der Waals surface area contributed by atoms with Gasteiger partial charge in [0.2, 0.25) is 5.91 Å². The van der Waals surface area contributed by atoms with E-state index in [2.05, 4.69) is 11.9 Å². The number of benzene rings is 2. The van der Waals surface area contributed by atoms with Crippen molar-refractivity contribution in [3.8, 4) is 0 Å². The number of carbonyl (C=O) groups is 1. The van der Waals surface area contributed by atoms with Crippen molar-refractivity contribution in [2.45, 2.75) is 39.8 Å². The molecule has 0 atom stereocenters. The second-order valence-corrected chi connectivity index (χ2v) is 8.00. The molecule has 30 heavy (non-hydrogen) atoms. The number of fused-ring (bicyclic) bond motifs is 1. The zero-order valence-electron chi connectivity index (χ0n) is 17.1. The molecule has 0 N–H and O–H groups in total. The van der Waals surface area contributed by atoms with E-state index in [4.69, 9.17) is 0 Å². The van der Waals surface area contributed by atoms with Gasteiger partial charge in [0, 0.05) is 24.9 Å². The number of anilines is 2. The Hall–Kier alpha value is -3.19. The fourth-order valence-corrected chi connectivity index (χ4v) is 4.47. The molecule has 0 unspecified atom stereocenters. The number of hydrogen-bond acceptors (Lipinski definition) is 4. The van der Waals surface area contributed by atoms with Crippen molar-refractivity contribution in [3.05, 3.63) is 76.2 Å². The Balaban J connectivity index is 1.65. The van der Waals surface area contributed by atoms with Crippen molar-refractivity contribution in [2.24, 2.45) is 0 Å². The molecule has 0 aliphatic carbocycles. The largest absolute Gasteiger partial charge is 0.329 e. The molecule has 4 rings (SSSR count). The Labute approximate surface area is 179 Å². The smallest absolute Gasteiger partial charge is 0.292 e. The van der Waals surface area contributed by atoms with E-state index in [0.717, 1.165) is 28.8 Å². The van der Waals surface area contributed by atoms with Crippen LogP contribution in [0, 0.1) is 6.92 Å². The molecule has 2 aromatic heterocycles. The standard InChI is InChI=1S/C23H24N4O2S/c1-3-14-25-19-11-7-8-12-20(19)26(23(25)29)15-13-21(28)27(18-9-5-4-6-10-18)22-24-17(2)16-30-22/h4-12,16H,3,13-15H2,1-2H3. The van der Waals surface area contributed by atoms with Crippen LogP contribution in [-0.2, 0) is 17.9 Å². The van der Waals surface area contributed by atoms with Crippen LogP contribution >= 0.6 is 11.3 Å². The normalized spacial score (nSPS) is 11.1. The Kier molecular flexibility index (Phi) is 5.81. The topological polar surface area (TPSA) is 60.1 Å². The summed E-state index contributed by atoms with van der Waals surface area (Å²) in [5.74, 6) is -0.0882. The minimum atomic E-state index is -0.0882. The summed E-state index contributed by atoms with van der Waals surface area (Å²) in [5.41, 5.74) is 3.36. The van der Waals surface area contributed by atoms with Crippen LogP contribution < -0.4 is 10.6 Å². The summed E-state index contributed by atoms with van der Waals surface area (Å²) >= 11 is 1.44. The van der Waals surface area contributed by atoms with Crippen molar-refractivity contribution < 1.29 is 4.79 Å². The van der Waals surface area contributed by atoms with Gasteiger partial charge in [-0.05, 0) is 37.6 Å². The Bertz CT molecular complexity index is 1220. The first-order chi connectivity index (χ1) is 14.6. The van der Waals surface area contributed by atoms with E-state index < -0.39 is 0 Å². The Morgan fingerprint density at radius 3 is 2.23 bits per heavy atom. The molecule has 0 aliphatic heterocycles. The van der Waals surface area contributed by atoms with Crippen molar-refractivity contribution in [3.63, 3.8) is 0 Å². The number of hydrogen-bond donors (Lipinski definition) is 0. The molecule has 0 saturated carbocycles. The first-order valence-corrected chi connectivity index (χ1v) is 11.0. The van der Waals surface area contributed by atoms with Gasteiger partial charge in [0.1, 0.15) is 0 Å². The molecule has 0 saturated heterocycles. The van der Waals surface area contributed by atoms with Gasteiger partial charge in [-0.25, -0.2) is 9.78 Å². The number of aromatic nitrogens is 3. The molecule has 2 heterocycles. The molecule has 0 aliphatic rings. The highest BCUT2D eigenvalue weighted by molar-refractivity contribution is 7.14. The molecule has 0 radical (unpaired) electrons. The van der Waals surface area contributed by atoms with Gasteiger partial charge in [-0.15, -0.1) is 11.3 Å². The van der Waals surface area contributed by atoms with Gasteiger partial charge < -0.3 is 0 Å². The van der Waals surface area contributed by atoms with Crippen LogP contribution in [-0.4, -0.2) is 20.0 Å². The summed E-state index contributed by atoms with van der Waals surface area (Å²) in [7, 11) is 0. The Morgan fingerprint density at radius 1 is 1.00 bits per heavy atom. The molecule has 0 spiro atoms. The lowest BCUT2D eigenvalue weighted by molar-refractivity contribution is -0.118. The lowest BCUT2D eigenvalue weighted by Crippen LogP contribution is -2.30. The third-order valence-corrected chi connectivity index (χ3v) is 5.93. The highest BCUT2D eigenvalue weighted by atomic mass is 32.1. The van der Waals surface area contributed by atoms with Gasteiger partial charge in [0.15, 0.2) is 5.13 Å². The third-order valence-electron chi connectivity index (χ3n) is 4.98. The molecule has 6 nitrogen and oxygen atoms in total. The highest BCUT2D eigenvalue weighted by Crippen LogP contribution is 2.29. The molecule has 0 bridgehead atoms. The SMILES string of the molecule is CCCn1c(=O)n(CCC(=O)N(c2ccccc2)c2nc(C)cs2)c2ccccc21. The van der Waals surface area contributed by atoms with Gasteiger partial charge in [-0.1, -0.05) is 37.3 Å². The summed E-state index contributed by atoms with van der Waals surface area (Å²) in [5, 5.41) is 2.57. The first-order valence-electron chi connectivity index (χ1n) is 10.1. The van der Waals surface area contributed by atoms with Gasteiger partial charge in [-0.2, -0.15) is 0 Å². The van der Waals surface area contributed by atoms with E-state index in [9.17, 15) is 9.59 Å². The number of aryl methyl sites for hydroxylation is 3. The summed E-state index contributed by atoms with van der Waals surface area (Å²) in [6.07, 6.45) is 1.07. The summed E-state index contributed by atoms with van der Waals surface area (Å²) < 4.78 is 3.50. The van der Waals surface area contributed by atoms with Gasteiger partial charge in [0.25, 0.3) is 0 Å². The second kappa shape index (κ2) is 8.67. The molecule has 2 aromatic carbocycles. The lowest BCUT2D eigenvalue weighted by Gasteiger charge is -2.20. The number of nitrogens with zero attached hydrogens (tertiary/aromatic N) is 4. The van der Waals surface area contributed by atoms with Crippen molar-refractivity contribution in [2.75, 3.05) is 4.90 Å². The third kappa shape index (κ3) is 3.80. The quantitative estimate of drug-likeness (QED) is 0.434. The number of rotatable bonds is 7. The molecule has 4 aromatic rings. The predicted octanol–water partition coefficient (Wildman–Crippen LogP) is 4.73. The van der Waals surface area contributed by atoms with E-state index in [1.54, 1.807) is 14.0 Å². The van der Waals surface area contributed by atoms with Crippen LogP contribution in [0.25, 0.3) is 11.0 Å². The number of para-hydroxylation sites is 3. The van der Waals surface area contributed by atoms with Crippen molar-refractivity contribution >= 4 is 39.1 Å². The zero-order chi connectivity index (χ0) is 21.1. The maximum absolute atomic E-state index is 13.3.